The van der Waals surface area contributed by atoms with Crippen molar-refractivity contribution in [1.29, 1.82) is 0 Å². The summed E-state index contributed by atoms with van der Waals surface area (Å²) in [5, 5.41) is 4.97. The number of imidazole rings is 1. The number of benzene rings is 1. The standard InChI is InChI=1S/C14H11Cl3N4/c1-8(10-3-2-9(15)6-11(10)16)19-13-7-12(17)20-14-18-4-5-21(13)14/h2-8,19H,1H3/t8-/m1/s1. The summed E-state index contributed by atoms with van der Waals surface area (Å²) in [6, 6.07) is 7.15. The van der Waals surface area contributed by atoms with Gasteiger partial charge in [-0.2, -0.15) is 0 Å². The van der Waals surface area contributed by atoms with E-state index >= 15 is 0 Å². The summed E-state index contributed by atoms with van der Waals surface area (Å²) in [5.74, 6) is 1.33. The topological polar surface area (TPSA) is 42.2 Å². The van der Waals surface area contributed by atoms with Gasteiger partial charge < -0.3 is 5.32 Å². The lowest BCUT2D eigenvalue weighted by Crippen LogP contribution is -2.10. The third-order valence-electron chi connectivity index (χ3n) is 3.14. The minimum absolute atomic E-state index is 0.0289. The number of anilines is 1. The number of nitrogens with zero attached hydrogens (tertiary/aromatic N) is 3. The molecule has 2 aromatic heterocycles. The summed E-state index contributed by atoms with van der Waals surface area (Å²) in [6.07, 6.45) is 3.49. The number of fused-ring (bicyclic) bond motifs is 1. The number of hydrogen-bond acceptors (Lipinski definition) is 3. The van der Waals surface area contributed by atoms with Gasteiger partial charge in [-0.15, -0.1) is 0 Å². The Morgan fingerprint density at radius 2 is 2.00 bits per heavy atom. The van der Waals surface area contributed by atoms with Crippen LogP contribution < -0.4 is 5.32 Å². The average Bonchev–Trinajstić information content (AvgIpc) is 2.86. The molecule has 108 valence electrons. The predicted octanol–water partition coefficient (Wildman–Crippen LogP) is 4.86. The molecule has 21 heavy (non-hydrogen) atoms. The van der Waals surface area contributed by atoms with Crippen molar-refractivity contribution in [3.05, 3.63) is 57.4 Å². The zero-order valence-electron chi connectivity index (χ0n) is 11.0. The first-order chi connectivity index (χ1) is 10.0. The molecule has 0 unspecified atom stereocenters. The molecule has 0 spiro atoms. The van der Waals surface area contributed by atoms with Gasteiger partial charge in [0.2, 0.25) is 5.78 Å². The van der Waals surface area contributed by atoms with E-state index in [1.54, 1.807) is 18.3 Å². The van der Waals surface area contributed by atoms with E-state index in [4.69, 9.17) is 34.8 Å². The van der Waals surface area contributed by atoms with Gasteiger partial charge in [-0.25, -0.2) is 9.97 Å². The van der Waals surface area contributed by atoms with Gasteiger partial charge in [-0.05, 0) is 24.6 Å². The van der Waals surface area contributed by atoms with Crippen molar-refractivity contribution >= 4 is 46.4 Å². The van der Waals surface area contributed by atoms with Crippen molar-refractivity contribution in [2.24, 2.45) is 0 Å². The molecule has 0 aliphatic heterocycles. The number of hydrogen-bond donors (Lipinski definition) is 1. The first kappa shape index (κ1) is 14.4. The average molecular weight is 342 g/mol. The number of halogens is 3. The van der Waals surface area contributed by atoms with Crippen LogP contribution in [0, 0.1) is 0 Å². The predicted molar refractivity (Wildman–Crippen MR) is 86.5 cm³/mol. The summed E-state index contributed by atoms with van der Waals surface area (Å²) in [7, 11) is 0. The Morgan fingerprint density at radius 1 is 1.19 bits per heavy atom. The Labute approximate surface area is 136 Å². The molecular weight excluding hydrogens is 331 g/mol. The molecular formula is C14H11Cl3N4. The second kappa shape index (κ2) is 5.72. The Bertz CT molecular complexity index is 800. The highest BCUT2D eigenvalue weighted by Crippen LogP contribution is 2.29. The third-order valence-corrected chi connectivity index (χ3v) is 3.89. The smallest absolute Gasteiger partial charge is 0.236 e. The summed E-state index contributed by atoms with van der Waals surface area (Å²) < 4.78 is 1.83. The highest BCUT2D eigenvalue weighted by atomic mass is 35.5. The largest absolute Gasteiger partial charge is 0.364 e. The van der Waals surface area contributed by atoms with Crippen LogP contribution in [0.25, 0.3) is 5.78 Å². The molecule has 0 fully saturated rings. The first-order valence-corrected chi connectivity index (χ1v) is 7.39. The molecule has 0 radical (unpaired) electrons. The number of rotatable bonds is 3. The summed E-state index contributed by atoms with van der Waals surface area (Å²) in [4.78, 5) is 8.27. The van der Waals surface area contributed by atoms with E-state index in [1.165, 1.54) is 0 Å². The SMILES string of the molecule is C[C@@H](Nc1cc(Cl)nc2nccn12)c1ccc(Cl)cc1Cl. The Morgan fingerprint density at radius 3 is 2.76 bits per heavy atom. The van der Waals surface area contributed by atoms with Crippen LogP contribution in [-0.2, 0) is 0 Å². The second-order valence-corrected chi connectivity index (χ2v) is 5.82. The molecule has 4 nitrogen and oxygen atoms in total. The van der Waals surface area contributed by atoms with Crippen molar-refractivity contribution < 1.29 is 0 Å². The normalized spacial score (nSPS) is 12.6. The van der Waals surface area contributed by atoms with Crippen LogP contribution >= 0.6 is 34.8 Å². The van der Waals surface area contributed by atoms with Gasteiger partial charge in [0, 0.05) is 28.5 Å². The van der Waals surface area contributed by atoms with E-state index in [2.05, 4.69) is 15.3 Å². The molecule has 1 atom stereocenters. The molecule has 2 heterocycles. The highest BCUT2D eigenvalue weighted by molar-refractivity contribution is 6.35. The van der Waals surface area contributed by atoms with Crippen molar-refractivity contribution in [3.8, 4) is 0 Å². The Hall–Kier alpha value is -1.49. The minimum Gasteiger partial charge on any atom is -0.364 e. The van der Waals surface area contributed by atoms with E-state index in [-0.39, 0.29) is 6.04 Å². The Balaban J connectivity index is 1.96. The number of nitrogens with one attached hydrogen (secondary N) is 1. The summed E-state index contributed by atoms with van der Waals surface area (Å²) in [6.45, 7) is 2.01. The van der Waals surface area contributed by atoms with E-state index in [1.807, 2.05) is 29.7 Å². The lowest BCUT2D eigenvalue weighted by atomic mass is 10.1. The molecule has 1 N–H and O–H groups in total. The molecule has 3 aromatic rings. The molecule has 1 aromatic carbocycles. The molecule has 3 rings (SSSR count). The van der Waals surface area contributed by atoms with Crippen molar-refractivity contribution in [1.82, 2.24) is 14.4 Å². The monoisotopic (exact) mass is 340 g/mol. The van der Waals surface area contributed by atoms with Crippen LogP contribution in [0.3, 0.4) is 0 Å². The van der Waals surface area contributed by atoms with Gasteiger partial charge >= 0.3 is 0 Å². The molecule has 0 saturated heterocycles. The maximum absolute atomic E-state index is 6.24. The van der Waals surface area contributed by atoms with E-state index in [9.17, 15) is 0 Å². The van der Waals surface area contributed by atoms with Gasteiger partial charge in [-0.1, -0.05) is 40.9 Å². The van der Waals surface area contributed by atoms with Crippen LogP contribution in [0.2, 0.25) is 15.2 Å². The van der Waals surface area contributed by atoms with Crippen LogP contribution in [0.5, 0.6) is 0 Å². The van der Waals surface area contributed by atoms with Crippen LogP contribution in [0.1, 0.15) is 18.5 Å². The minimum atomic E-state index is -0.0289. The highest BCUT2D eigenvalue weighted by Gasteiger charge is 2.13. The lowest BCUT2D eigenvalue weighted by molar-refractivity contribution is 0.866. The zero-order chi connectivity index (χ0) is 15.0. The van der Waals surface area contributed by atoms with Crippen LogP contribution in [0.15, 0.2) is 36.7 Å². The molecule has 0 bridgehead atoms. The first-order valence-electron chi connectivity index (χ1n) is 6.25. The van der Waals surface area contributed by atoms with Crippen molar-refractivity contribution in [3.63, 3.8) is 0 Å². The molecule has 0 amide bonds. The molecule has 0 aliphatic carbocycles. The van der Waals surface area contributed by atoms with E-state index < -0.39 is 0 Å². The molecule has 0 aliphatic rings. The van der Waals surface area contributed by atoms with Gasteiger partial charge in [0.25, 0.3) is 0 Å². The summed E-state index contributed by atoms with van der Waals surface area (Å²) in [5.41, 5.74) is 0.947. The van der Waals surface area contributed by atoms with Crippen molar-refractivity contribution in [2.45, 2.75) is 13.0 Å². The van der Waals surface area contributed by atoms with E-state index in [0.29, 0.717) is 21.0 Å². The fourth-order valence-corrected chi connectivity index (χ4v) is 2.89. The van der Waals surface area contributed by atoms with E-state index in [0.717, 1.165) is 11.4 Å². The van der Waals surface area contributed by atoms with Crippen molar-refractivity contribution in [2.75, 3.05) is 5.32 Å². The maximum Gasteiger partial charge on any atom is 0.236 e. The fourth-order valence-electron chi connectivity index (χ4n) is 2.14. The Kier molecular flexibility index (Phi) is 3.93. The van der Waals surface area contributed by atoms with Gasteiger partial charge in [-0.3, -0.25) is 4.40 Å². The zero-order valence-corrected chi connectivity index (χ0v) is 13.3. The summed E-state index contributed by atoms with van der Waals surface area (Å²) >= 11 is 18.2. The maximum atomic E-state index is 6.24. The van der Waals surface area contributed by atoms with Crippen LogP contribution in [0.4, 0.5) is 5.82 Å². The second-order valence-electron chi connectivity index (χ2n) is 4.59. The van der Waals surface area contributed by atoms with Gasteiger partial charge in [0.15, 0.2) is 0 Å². The third kappa shape index (κ3) is 2.93. The fraction of sp³-hybridized carbons (Fsp3) is 0.143. The quantitative estimate of drug-likeness (QED) is 0.692. The molecule has 7 heteroatoms. The van der Waals surface area contributed by atoms with Crippen LogP contribution in [-0.4, -0.2) is 14.4 Å². The lowest BCUT2D eigenvalue weighted by Gasteiger charge is -2.18. The molecule has 0 saturated carbocycles. The van der Waals surface area contributed by atoms with Gasteiger partial charge in [0.1, 0.15) is 11.0 Å². The van der Waals surface area contributed by atoms with Gasteiger partial charge in [0.05, 0.1) is 6.04 Å². The number of aromatic nitrogens is 3.